The van der Waals surface area contributed by atoms with Crippen molar-refractivity contribution in [3.05, 3.63) is 46.1 Å². The molecule has 9 heteroatoms. The molecule has 0 bridgehead atoms. The summed E-state index contributed by atoms with van der Waals surface area (Å²) in [7, 11) is 4.68. The first-order chi connectivity index (χ1) is 17.4. The van der Waals surface area contributed by atoms with Gasteiger partial charge in [0.1, 0.15) is 17.3 Å². The van der Waals surface area contributed by atoms with Gasteiger partial charge in [-0.05, 0) is 24.6 Å². The first-order valence-corrected chi connectivity index (χ1v) is 12.9. The van der Waals surface area contributed by atoms with Crippen LogP contribution in [0.15, 0.2) is 24.9 Å². The van der Waals surface area contributed by atoms with Gasteiger partial charge in [-0.25, -0.2) is 4.98 Å². The number of nitrogens with zero attached hydrogens (tertiary/aromatic N) is 4. The second-order valence-corrected chi connectivity index (χ2v) is 9.40. The number of hydrogen-bond acceptors (Lipinski definition) is 6. The van der Waals surface area contributed by atoms with Gasteiger partial charge in [-0.2, -0.15) is 4.98 Å². The van der Waals surface area contributed by atoms with E-state index >= 15 is 0 Å². The third-order valence-corrected chi connectivity index (χ3v) is 7.11. The molecule has 2 aromatic rings. The highest BCUT2D eigenvalue weighted by Gasteiger charge is 2.27. The van der Waals surface area contributed by atoms with Crippen molar-refractivity contribution >= 4 is 52.5 Å². The summed E-state index contributed by atoms with van der Waals surface area (Å²) in [6.07, 6.45) is 13.8. The number of rotatable bonds is 6. The van der Waals surface area contributed by atoms with Crippen LogP contribution in [0.5, 0.6) is 11.5 Å². The number of carbonyl (C=O) groups is 1. The molecule has 36 heavy (non-hydrogen) atoms. The third-order valence-electron chi connectivity index (χ3n) is 6.36. The molecule has 2 heterocycles. The lowest BCUT2D eigenvalue weighted by Gasteiger charge is -2.31. The van der Waals surface area contributed by atoms with Crippen LogP contribution < -0.4 is 19.3 Å². The maximum absolute atomic E-state index is 11.9. The van der Waals surface area contributed by atoms with E-state index in [4.69, 9.17) is 32.7 Å². The molecule has 194 valence electrons. The van der Waals surface area contributed by atoms with E-state index in [9.17, 15) is 4.79 Å². The van der Waals surface area contributed by atoms with E-state index in [0.29, 0.717) is 46.1 Å². The zero-order chi connectivity index (χ0) is 26.2. The van der Waals surface area contributed by atoms with Gasteiger partial charge in [0.2, 0.25) is 5.95 Å². The van der Waals surface area contributed by atoms with Crippen molar-refractivity contribution in [3.8, 4) is 11.5 Å². The van der Waals surface area contributed by atoms with Crippen molar-refractivity contribution in [2.24, 2.45) is 0 Å². The maximum Gasteiger partial charge on any atom is 0.252 e. The van der Waals surface area contributed by atoms with Gasteiger partial charge in [-0.1, -0.05) is 68.3 Å². The van der Waals surface area contributed by atoms with Crippen LogP contribution in [0, 0.1) is 0 Å². The number of ether oxygens (including phenoxy) is 2. The van der Waals surface area contributed by atoms with Crippen molar-refractivity contribution in [3.63, 3.8) is 0 Å². The van der Waals surface area contributed by atoms with Crippen LogP contribution in [0.1, 0.15) is 56.6 Å². The summed E-state index contributed by atoms with van der Waals surface area (Å²) < 4.78 is 10.8. The van der Waals surface area contributed by atoms with Crippen LogP contribution in [0.25, 0.3) is 11.6 Å². The quantitative estimate of drug-likeness (QED) is 0.387. The van der Waals surface area contributed by atoms with Crippen LogP contribution in [0.3, 0.4) is 0 Å². The minimum absolute atomic E-state index is 0.285. The molecule has 2 aliphatic rings. The van der Waals surface area contributed by atoms with Gasteiger partial charge in [-0.15, -0.1) is 0 Å². The number of anilines is 2. The van der Waals surface area contributed by atoms with E-state index in [2.05, 4.69) is 21.4 Å². The van der Waals surface area contributed by atoms with Crippen LogP contribution in [-0.2, 0) is 4.79 Å². The Morgan fingerprint density at radius 3 is 2.14 bits per heavy atom. The van der Waals surface area contributed by atoms with Crippen LogP contribution >= 0.6 is 23.2 Å². The fourth-order valence-corrected chi connectivity index (χ4v) is 5.02. The number of benzene rings is 1. The highest BCUT2D eigenvalue weighted by molar-refractivity contribution is 6.39. The molecule has 1 aromatic carbocycles. The number of aromatic nitrogens is 2. The number of fused-ring (bicyclic) bond motifs is 1. The molecule has 0 radical (unpaired) electrons. The predicted molar refractivity (Wildman–Crippen MR) is 149 cm³/mol. The second-order valence-electron chi connectivity index (χ2n) is 8.64. The van der Waals surface area contributed by atoms with Crippen molar-refractivity contribution in [2.75, 3.05) is 44.2 Å². The number of hydrogen-bond donors (Lipinski definition) is 0. The van der Waals surface area contributed by atoms with Crippen molar-refractivity contribution in [2.45, 2.75) is 45.4 Å². The van der Waals surface area contributed by atoms with E-state index in [1.165, 1.54) is 63.7 Å². The zero-order valence-electron chi connectivity index (χ0n) is 21.4. The molecule has 1 aliphatic carbocycles. The molecule has 0 spiro atoms. The molecule has 0 atom stereocenters. The summed E-state index contributed by atoms with van der Waals surface area (Å²) in [5.74, 6) is 1.68. The van der Waals surface area contributed by atoms with Gasteiger partial charge >= 0.3 is 0 Å². The molecule has 7 nitrogen and oxygen atoms in total. The average molecular weight is 534 g/mol. The smallest absolute Gasteiger partial charge is 0.252 e. The van der Waals surface area contributed by atoms with Gasteiger partial charge in [0.15, 0.2) is 0 Å². The van der Waals surface area contributed by atoms with Crippen molar-refractivity contribution in [1.82, 2.24) is 9.97 Å². The lowest BCUT2D eigenvalue weighted by atomic mass is 9.98. The Morgan fingerprint density at radius 1 is 1.11 bits per heavy atom. The van der Waals surface area contributed by atoms with E-state index in [-0.39, 0.29) is 5.91 Å². The Labute approximate surface area is 223 Å². The van der Waals surface area contributed by atoms with Gasteiger partial charge in [-0.3, -0.25) is 9.69 Å². The van der Waals surface area contributed by atoms with Crippen LogP contribution in [-0.4, -0.2) is 50.2 Å². The Hall–Kier alpha value is -2.77. The van der Waals surface area contributed by atoms with Crippen LogP contribution in [0.4, 0.5) is 11.8 Å². The number of carbonyl (C=O) groups excluding carboxylic acids is 1. The Balaban J connectivity index is 0.000000526. The van der Waals surface area contributed by atoms with Gasteiger partial charge in [0, 0.05) is 43.5 Å². The first-order valence-electron chi connectivity index (χ1n) is 12.2. The molecule has 1 saturated carbocycles. The summed E-state index contributed by atoms with van der Waals surface area (Å²) in [6.45, 7) is 6.70. The van der Waals surface area contributed by atoms with Gasteiger partial charge in [0.05, 0.1) is 24.3 Å². The molecular weight excluding hydrogens is 499 g/mol. The van der Waals surface area contributed by atoms with Crippen molar-refractivity contribution in [1.29, 1.82) is 0 Å². The van der Waals surface area contributed by atoms with Crippen molar-refractivity contribution < 1.29 is 14.3 Å². The lowest BCUT2D eigenvalue weighted by Crippen LogP contribution is -2.31. The summed E-state index contributed by atoms with van der Waals surface area (Å²) in [4.78, 5) is 24.2. The van der Waals surface area contributed by atoms with Crippen LogP contribution in [0.2, 0.25) is 10.0 Å². The minimum Gasteiger partial charge on any atom is -0.495 e. The monoisotopic (exact) mass is 532 g/mol. The average Bonchev–Trinajstić information content (AvgIpc) is 2.93. The molecule has 1 amide bonds. The molecular formula is C27H34Cl2N4O3. The summed E-state index contributed by atoms with van der Waals surface area (Å²) in [5, 5.41) is 0.811. The van der Waals surface area contributed by atoms with E-state index < -0.39 is 0 Å². The Morgan fingerprint density at radius 2 is 1.67 bits per heavy atom. The highest BCUT2D eigenvalue weighted by Crippen LogP contribution is 2.45. The Bertz CT molecular complexity index is 1090. The molecule has 1 aromatic heterocycles. The number of amides is 1. The van der Waals surface area contributed by atoms with Gasteiger partial charge < -0.3 is 14.4 Å². The summed E-state index contributed by atoms with van der Waals surface area (Å²) in [6, 6.07) is 1.66. The molecule has 1 fully saturated rings. The minimum atomic E-state index is -0.285. The second kappa shape index (κ2) is 13.0. The molecule has 0 saturated heterocycles. The standard InChI is InChI=1S/C21H22Cl2N4O3.C6H12/c1-6-16(28)26(3)21-24-10-12-8-13(11-27(7-2)20(12)25-21)17-18(22)14(29-4)9-15(30-5)19(17)23;1-2-4-6-5-3-1/h6,8-10H,1,7,11H2,2-5H3;1-6H2. The number of likely N-dealkylation sites (N-methyl/N-ethyl adjacent to an activating group) is 2. The fourth-order valence-electron chi connectivity index (χ4n) is 4.28. The highest BCUT2D eigenvalue weighted by atomic mass is 35.5. The summed E-state index contributed by atoms with van der Waals surface area (Å²) >= 11 is 13.2. The molecule has 0 unspecified atom stereocenters. The Kier molecular flexibility index (Phi) is 10.0. The largest absolute Gasteiger partial charge is 0.495 e. The normalized spacial score (nSPS) is 14.6. The lowest BCUT2D eigenvalue weighted by molar-refractivity contribution is -0.113. The van der Waals surface area contributed by atoms with E-state index in [0.717, 1.165) is 17.0 Å². The number of methoxy groups -OCH3 is 2. The SMILES string of the molecule is C1CCCCC1.C=CC(=O)N(C)c1ncc2c(n1)N(CC)CC(c1c(Cl)c(OC)cc(OC)c1Cl)=C2. The number of halogens is 2. The van der Waals surface area contributed by atoms with E-state index in [1.54, 1.807) is 19.3 Å². The van der Waals surface area contributed by atoms with E-state index in [1.807, 2.05) is 13.0 Å². The molecule has 1 aliphatic heterocycles. The molecule has 4 rings (SSSR count). The van der Waals surface area contributed by atoms with Gasteiger partial charge in [0.25, 0.3) is 5.91 Å². The zero-order valence-corrected chi connectivity index (χ0v) is 23.0. The fraction of sp³-hybridized carbons (Fsp3) is 0.444. The predicted octanol–water partition coefficient (Wildman–Crippen LogP) is 6.67. The maximum atomic E-state index is 11.9. The molecule has 0 N–H and O–H groups in total. The summed E-state index contributed by atoms with van der Waals surface area (Å²) in [5.41, 5.74) is 2.31. The topological polar surface area (TPSA) is 67.8 Å². The third kappa shape index (κ3) is 6.13. The first kappa shape index (κ1) is 27.8.